The Kier molecular flexibility index (Phi) is 4.99. The molecule has 1 heterocycles. The van der Waals surface area contributed by atoms with E-state index in [1.807, 2.05) is 0 Å². The van der Waals surface area contributed by atoms with E-state index in [0.717, 1.165) is 24.3 Å². The molecule has 0 radical (unpaired) electrons. The molecule has 3 amide bonds. The molecule has 0 aromatic heterocycles. The first-order valence-corrected chi connectivity index (χ1v) is 10.4. The number of imide groups is 1. The third kappa shape index (κ3) is 4.14. The number of rotatable bonds is 5. The van der Waals surface area contributed by atoms with Gasteiger partial charge in [-0.2, -0.15) is 0 Å². The quantitative estimate of drug-likeness (QED) is 0.528. The van der Waals surface area contributed by atoms with Crippen LogP contribution in [0.15, 0.2) is 71.6 Å². The molecule has 0 saturated carbocycles. The fourth-order valence-electron chi connectivity index (χ4n) is 2.97. The zero-order valence-corrected chi connectivity index (χ0v) is 16.5. The van der Waals surface area contributed by atoms with Crippen LogP contribution in [0.4, 0.5) is 15.8 Å². The van der Waals surface area contributed by atoms with Gasteiger partial charge in [0.2, 0.25) is 0 Å². The van der Waals surface area contributed by atoms with Gasteiger partial charge in [0.05, 0.1) is 16.0 Å². The smallest absolute Gasteiger partial charge is 0.261 e. The van der Waals surface area contributed by atoms with Crippen LogP contribution in [0.2, 0.25) is 0 Å². The summed E-state index contributed by atoms with van der Waals surface area (Å²) in [5, 5.41) is 4.79. The average molecular weight is 439 g/mol. The van der Waals surface area contributed by atoms with E-state index in [1.165, 1.54) is 42.5 Å². The summed E-state index contributed by atoms with van der Waals surface area (Å²) in [4.78, 5) is 35.7. The number of halogens is 1. The van der Waals surface area contributed by atoms with Gasteiger partial charge < -0.3 is 5.32 Å². The van der Waals surface area contributed by atoms with Gasteiger partial charge in [-0.25, -0.2) is 12.8 Å². The molecule has 1 aliphatic heterocycles. The van der Waals surface area contributed by atoms with E-state index in [9.17, 15) is 27.2 Å². The minimum absolute atomic E-state index is 0.102. The molecule has 156 valence electrons. The molecule has 8 nitrogen and oxygen atoms in total. The molecule has 0 bridgehead atoms. The van der Waals surface area contributed by atoms with Crippen molar-refractivity contribution in [3.63, 3.8) is 0 Å². The van der Waals surface area contributed by atoms with E-state index in [0.29, 0.717) is 5.69 Å². The molecule has 31 heavy (non-hydrogen) atoms. The molecule has 0 atom stereocenters. The second kappa shape index (κ2) is 7.65. The van der Waals surface area contributed by atoms with Crippen molar-refractivity contribution in [2.24, 2.45) is 0 Å². The van der Waals surface area contributed by atoms with Crippen molar-refractivity contribution >= 4 is 39.1 Å². The van der Waals surface area contributed by atoms with E-state index >= 15 is 0 Å². The highest BCUT2D eigenvalue weighted by molar-refractivity contribution is 7.92. The second-order valence-corrected chi connectivity index (χ2v) is 8.32. The molecule has 10 heteroatoms. The minimum atomic E-state index is -3.91. The van der Waals surface area contributed by atoms with Gasteiger partial charge in [-0.05, 0) is 66.7 Å². The van der Waals surface area contributed by atoms with E-state index in [1.54, 1.807) is 0 Å². The van der Waals surface area contributed by atoms with E-state index < -0.39 is 33.6 Å². The Morgan fingerprint density at radius 3 is 2.10 bits per heavy atom. The van der Waals surface area contributed by atoms with Gasteiger partial charge >= 0.3 is 0 Å². The molecule has 0 unspecified atom stereocenters. The third-order valence-electron chi connectivity index (χ3n) is 4.52. The minimum Gasteiger partial charge on any atom is -0.322 e. The predicted octanol–water partition coefficient (Wildman–Crippen LogP) is 2.76. The first-order chi connectivity index (χ1) is 14.7. The monoisotopic (exact) mass is 439 g/mol. The number of sulfonamides is 1. The molecule has 1 aliphatic rings. The summed E-state index contributed by atoms with van der Waals surface area (Å²) in [5.41, 5.74) is 1.20. The normalized spacial score (nSPS) is 12.8. The molecule has 0 aliphatic carbocycles. The summed E-state index contributed by atoms with van der Waals surface area (Å²) in [5.74, 6) is -2.06. The van der Waals surface area contributed by atoms with Crippen LogP contribution in [0.25, 0.3) is 0 Å². The number of carbonyl (C=O) groups is 3. The largest absolute Gasteiger partial charge is 0.322 e. The summed E-state index contributed by atoms with van der Waals surface area (Å²) < 4.78 is 40.0. The number of carbonyl (C=O) groups excluding carboxylic acids is 3. The lowest BCUT2D eigenvalue weighted by atomic mass is 10.1. The van der Waals surface area contributed by atoms with Crippen molar-refractivity contribution in [2.45, 2.75) is 4.90 Å². The molecular formula is C21H14FN3O5S. The van der Waals surface area contributed by atoms with Gasteiger partial charge in [0.15, 0.2) is 0 Å². The van der Waals surface area contributed by atoms with Gasteiger partial charge in [-0.15, -0.1) is 0 Å². The molecule has 3 aromatic carbocycles. The highest BCUT2D eigenvalue weighted by Gasteiger charge is 2.26. The van der Waals surface area contributed by atoms with Crippen LogP contribution in [-0.4, -0.2) is 26.1 Å². The number of fused-ring (bicyclic) bond motifs is 1. The second-order valence-electron chi connectivity index (χ2n) is 6.63. The topological polar surface area (TPSA) is 121 Å². The lowest BCUT2D eigenvalue weighted by molar-refractivity contribution is 0.0878. The van der Waals surface area contributed by atoms with E-state index in [2.05, 4.69) is 15.4 Å². The standard InChI is InChI=1S/C21H14FN3O5S/c22-13-3-8-16(9-4-13)31(29,30)25-14-5-1-12(2-6-14)19(26)23-15-7-10-17-18(11-15)21(28)24-20(17)27/h1-11,25H,(H,23,26)(H,24,27,28). The Morgan fingerprint density at radius 2 is 1.42 bits per heavy atom. The predicted molar refractivity (Wildman–Crippen MR) is 110 cm³/mol. The fraction of sp³-hybridized carbons (Fsp3) is 0. The Bertz CT molecular complexity index is 1320. The summed E-state index contributed by atoms with van der Waals surface area (Å²) in [6.45, 7) is 0. The Morgan fingerprint density at radius 1 is 0.806 bits per heavy atom. The number of hydrogen-bond donors (Lipinski definition) is 3. The Hall–Kier alpha value is -4.05. The lowest BCUT2D eigenvalue weighted by Gasteiger charge is -2.10. The van der Waals surface area contributed by atoms with Gasteiger partial charge in [-0.1, -0.05) is 0 Å². The van der Waals surface area contributed by atoms with Crippen molar-refractivity contribution in [3.05, 3.63) is 89.2 Å². The Labute approximate surface area is 176 Å². The van der Waals surface area contributed by atoms with Crippen molar-refractivity contribution in [1.82, 2.24) is 5.32 Å². The lowest BCUT2D eigenvalue weighted by Crippen LogP contribution is -2.19. The maximum atomic E-state index is 13.0. The van der Waals surface area contributed by atoms with Gasteiger partial charge in [0.1, 0.15) is 5.82 Å². The third-order valence-corrected chi connectivity index (χ3v) is 5.91. The molecule has 0 fully saturated rings. The molecule has 3 aromatic rings. The molecule has 3 N–H and O–H groups in total. The molecule has 0 spiro atoms. The van der Waals surface area contributed by atoms with Crippen molar-refractivity contribution in [2.75, 3.05) is 10.0 Å². The molecule has 0 saturated heterocycles. The van der Waals surface area contributed by atoms with Crippen LogP contribution in [0.3, 0.4) is 0 Å². The SMILES string of the molecule is O=C(Nc1ccc2c(c1)C(=O)NC2=O)c1ccc(NS(=O)(=O)c2ccc(F)cc2)cc1. The van der Waals surface area contributed by atoms with E-state index in [-0.39, 0.29) is 27.3 Å². The van der Waals surface area contributed by atoms with Crippen LogP contribution < -0.4 is 15.4 Å². The Balaban J connectivity index is 1.46. The fourth-order valence-corrected chi connectivity index (χ4v) is 4.03. The number of amides is 3. The summed E-state index contributed by atoms with van der Waals surface area (Å²) >= 11 is 0. The van der Waals surface area contributed by atoms with Crippen LogP contribution in [-0.2, 0) is 10.0 Å². The summed E-state index contributed by atoms with van der Waals surface area (Å²) in [6, 6.07) is 14.4. The highest BCUT2D eigenvalue weighted by Crippen LogP contribution is 2.21. The number of benzene rings is 3. The zero-order chi connectivity index (χ0) is 22.2. The van der Waals surface area contributed by atoms with Crippen molar-refractivity contribution in [1.29, 1.82) is 0 Å². The van der Waals surface area contributed by atoms with Gasteiger partial charge in [0, 0.05) is 16.9 Å². The van der Waals surface area contributed by atoms with Crippen LogP contribution in [0, 0.1) is 5.82 Å². The first kappa shape index (κ1) is 20.2. The number of nitrogens with one attached hydrogen (secondary N) is 3. The van der Waals surface area contributed by atoms with Crippen LogP contribution in [0.5, 0.6) is 0 Å². The highest BCUT2D eigenvalue weighted by atomic mass is 32.2. The summed E-state index contributed by atoms with van der Waals surface area (Å²) in [7, 11) is -3.91. The van der Waals surface area contributed by atoms with Crippen LogP contribution in [0.1, 0.15) is 31.1 Å². The van der Waals surface area contributed by atoms with Gasteiger partial charge in [0.25, 0.3) is 27.7 Å². The first-order valence-electron chi connectivity index (χ1n) is 8.92. The molecular weight excluding hydrogens is 425 g/mol. The summed E-state index contributed by atoms with van der Waals surface area (Å²) in [6.07, 6.45) is 0. The maximum absolute atomic E-state index is 13.0. The number of hydrogen-bond acceptors (Lipinski definition) is 5. The van der Waals surface area contributed by atoms with Gasteiger partial charge in [-0.3, -0.25) is 24.4 Å². The van der Waals surface area contributed by atoms with Crippen LogP contribution >= 0.6 is 0 Å². The maximum Gasteiger partial charge on any atom is 0.261 e. The van der Waals surface area contributed by atoms with Crippen molar-refractivity contribution < 1.29 is 27.2 Å². The average Bonchev–Trinajstić information content (AvgIpc) is 3.01. The zero-order valence-electron chi connectivity index (χ0n) is 15.7. The number of anilines is 2. The van der Waals surface area contributed by atoms with E-state index in [4.69, 9.17) is 0 Å². The molecule has 4 rings (SSSR count). The van der Waals surface area contributed by atoms with Crippen molar-refractivity contribution in [3.8, 4) is 0 Å².